The number of aromatic amines is 1. The van der Waals surface area contributed by atoms with Crippen molar-refractivity contribution in [2.24, 2.45) is 0 Å². The molecule has 0 atom stereocenters. The lowest BCUT2D eigenvalue weighted by molar-refractivity contribution is -0.384. The SMILES string of the molecule is COc1ccc2[nH]cc(C3CCN(CC(=O)Nc4ccc([N+](=O)[O-])cc4Br)CC3)c2c1. The first-order valence-corrected chi connectivity index (χ1v) is 10.8. The number of carbonyl (C=O) groups is 1. The summed E-state index contributed by atoms with van der Waals surface area (Å²) < 4.78 is 5.86. The zero-order valence-corrected chi connectivity index (χ0v) is 18.6. The maximum atomic E-state index is 12.5. The number of likely N-dealkylation sites (tertiary alicyclic amines) is 1. The Morgan fingerprint density at radius 3 is 2.74 bits per heavy atom. The number of piperidine rings is 1. The van der Waals surface area contributed by atoms with E-state index in [1.807, 2.05) is 12.1 Å². The zero-order valence-electron chi connectivity index (χ0n) is 17.1. The lowest BCUT2D eigenvalue weighted by Crippen LogP contribution is -2.38. The molecule has 9 heteroatoms. The summed E-state index contributed by atoms with van der Waals surface area (Å²) in [6.07, 6.45) is 4.03. The van der Waals surface area contributed by atoms with Crippen LogP contribution in [-0.4, -0.2) is 47.5 Å². The number of ether oxygens (including phenoxy) is 1. The van der Waals surface area contributed by atoms with Crippen molar-refractivity contribution in [2.75, 3.05) is 32.1 Å². The van der Waals surface area contributed by atoms with E-state index in [0.717, 1.165) is 37.2 Å². The molecule has 8 nitrogen and oxygen atoms in total. The molecule has 1 aliphatic heterocycles. The van der Waals surface area contributed by atoms with Gasteiger partial charge in [-0.2, -0.15) is 0 Å². The number of rotatable bonds is 6. The Morgan fingerprint density at radius 1 is 1.29 bits per heavy atom. The third-order valence-electron chi connectivity index (χ3n) is 5.75. The number of non-ortho nitro benzene ring substituents is 1. The highest BCUT2D eigenvalue weighted by Crippen LogP contribution is 2.34. The van der Waals surface area contributed by atoms with Crippen molar-refractivity contribution in [3.8, 4) is 5.75 Å². The summed E-state index contributed by atoms with van der Waals surface area (Å²) in [5.41, 5.74) is 2.90. The number of nitro benzene ring substituents is 1. The Hall–Kier alpha value is -2.91. The summed E-state index contributed by atoms with van der Waals surface area (Å²) in [6, 6.07) is 10.4. The maximum absolute atomic E-state index is 12.5. The maximum Gasteiger partial charge on any atom is 0.270 e. The van der Waals surface area contributed by atoms with Crippen LogP contribution in [-0.2, 0) is 4.79 Å². The van der Waals surface area contributed by atoms with Gasteiger partial charge in [0.25, 0.3) is 5.69 Å². The van der Waals surface area contributed by atoms with Gasteiger partial charge in [0.1, 0.15) is 5.75 Å². The third kappa shape index (κ3) is 4.72. The second-order valence-electron chi connectivity index (χ2n) is 7.68. The first-order chi connectivity index (χ1) is 14.9. The van der Waals surface area contributed by atoms with E-state index in [0.29, 0.717) is 16.1 Å². The monoisotopic (exact) mass is 486 g/mol. The molecule has 0 spiro atoms. The number of carbonyl (C=O) groups excluding carboxylic acids is 1. The Balaban J connectivity index is 1.34. The van der Waals surface area contributed by atoms with Gasteiger partial charge >= 0.3 is 0 Å². The summed E-state index contributed by atoms with van der Waals surface area (Å²) in [6.45, 7) is 1.95. The lowest BCUT2D eigenvalue weighted by Gasteiger charge is -2.31. The van der Waals surface area contributed by atoms with Crippen LogP contribution in [0.5, 0.6) is 5.75 Å². The van der Waals surface area contributed by atoms with Gasteiger partial charge in [-0.05, 0) is 77.6 Å². The number of fused-ring (bicyclic) bond motifs is 1. The topological polar surface area (TPSA) is 100 Å². The second kappa shape index (κ2) is 9.07. The highest BCUT2D eigenvalue weighted by Gasteiger charge is 2.24. The molecular weight excluding hydrogens is 464 g/mol. The van der Waals surface area contributed by atoms with Gasteiger partial charge in [-0.25, -0.2) is 0 Å². The van der Waals surface area contributed by atoms with Crippen LogP contribution in [0.2, 0.25) is 0 Å². The number of hydrogen-bond donors (Lipinski definition) is 2. The van der Waals surface area contributed by atoms with Crippen LogP contribution < -0.4 is 10.1 Å². The Bertz CT molecular complexity index is 1120. The number of H-pyrrole nitrogens is 1. The van der Waals surface area contributed by atoms with Gasteiger partial charge in [0, 0.05) is 33.7 Å². The van der Waals surface area contributed by atoms with E-state index in [1.54, 1.807) is 7.11 Å². The van der Waals surface area contributed by atoms with E-state index in [4.69, 9.17) is 4.74 Å². The fourth-order valence-electron chi connectivity index (χ4n) is 4.10. The van der Waals surface area contributed by atoms with E-state index < -0.39 is 4.92 Å². The average molecular weight is 487 g/mol. The summed E-state index contributed by atoms with van der Waals surface area (Å²) in [5.74, 6) is 1.15. The molecular formula is C22H23BrN4O4. The number of methoxy groups -OCH3 is 1. The van der Waals surface area contributed by atoms with Gasteiger partial charge in [-0.1, -0.05) is 0 Å². The van der Waals surface area contributed by atoms with Crippen LogP contribution in [0.15, 0.2) is 47.1 Å². The van der Waals surface area contributed by atoms with E-state index in [-0.39, 0.29) is 18.1 Å². The number of benzene rings is 2. The van der Waals surface area contributed by atoms with Crippen molar-refractivity contribution in [1.82, 2.24) is 9.88 Å². The molecule has 1 aliphatic rings. The third-order valence-corrected chi connectivity index (χ3v) is 6.41. The fourth-order valence-corrected chi connectivity index (χ4v) is 4.57. The largest absolute Gasteiger partial charge is 0.497 e. The molecule has 2 heterocycles. The summed E-state index contributed by atoms with van der Waals surface area (Å²) in [7, 11) is 1.67. The normalized spacial score (nSPS) is 15.2. The van der Waals surface area contributed by atoms with Gasteiger partial charge in [0.05, 0.1) is 24.3 Å². The van der Waals surface area contributed by atoms with Crippen LogP contribution in [0, 0.1) is 10.1 Å². The minimum absolute atomic E-state index is 0.0261. The molecule has 1 aromatic heterocycles. The minimum atomic E-state index is -0.468. The first-order valence-electron chi connectivity index (χ1n) is 10.1. The predicted octanol–water partition coefficient (Wildman–Crippen LogP) is 4.67. The molecule has 31 heavy (non-hydrogen) atoms. The molecule has 1 saturated heterocycles. The molecule has 2 N–H and O–H groups in total. The molecule has 4 rings (SSSR count). The van der Waals surface area contributed by atoms with E-state index >= 15 is 0 Å². The van der Waals surface area contributed by atoms with Gasteiger partial charge in [0.15, 0.2) is 0 Å². The smallest absolute Gasteiger partial charge is 0.270 e. The molecule has 1 amide bonds. The van der Waals surface area contributed by atoms with Crippen molar-refractivity contribution in [3.63, 3.8) is 0 Å². The predicted molar refractivity (Wildman–Crippen MR) is 123 cm³/mol. The van der Waals surface area contributed by atoms with Gasteiger partial charge in [-0.15, -0.1) is 0 Å². The number of anilines is 1. The van der Waals surface area contributed by atoms with Gasteiger partial charge < -0.3 is 15.0 Å². The summed E-state index contributed by atoms with van der Waals surface area (Å²) >= 11 is 3.28. The van der Waals surface area contributed by atoms with Crippen LogP contribution in [0.1, 0.15) is 24.3 Å². The zero-order chi connectivity index (χ0) is 22.0. The standard InChI is InChI=1S/C22H23BrN4O4/c1-31-16-3-5-20-17(11-16)18(12-24-20)14-6-8-26(9-7-14)13-22(28)25-21-4-2-15(27(29)30)10-19(21)23/h2-5,10-12,14,24H,6-9,13H2,1H3,(H,25,28). The Kier molecular flexibility index (Phi) is 6.24. The molecule has 0 unspecified atom stereocenters. The van der Waals surface area contributed by atoms with Crippen LogP contribution in [0.4, 0.5) is 11.4 Å². The van der Waals surface area contributed by atoms with E-state index in [1.165, 1.54) is 29.1 Å². The van der Waals surface area contributed by atoms with Crippen molar-refractivity contribution >= 4 is 44.1 Å². The molecule has 0 radical (unpaired) electrons. The molecule has 0 aliphatic carbocycles. The number of nitro groups is 1. The van der Waals surface area contributed by atoms with Gasteiger partial charge in [0.2, 0.25) is 5.91 Å². The Morgan fingerprint density at radius 2 is 2.06 bits per heavy atom. The molecule has 1 fully saturated rings. The quantitative estimate of drug-likeness (QED) is 0.389. The van der Waals surface area contributed by atoms with Crippen molar-refractivity contribution in [3.05, 3.63) is 62.7 Å². The molecule has 3 aromatic rings. The highest BCUT2D eigenvalue weighted by atomic mass is 79.9. The van der Waals surface area contributed by atoms with E-state index in [2.05, 4.69) is 43.4 Å². The van der Waals surface area contributed by atoms with Crippen molar-refractivity contribution < 1.29 is 14.5 Å². The number of hydrogen-bond acceptors (Lipinski definition) is 5. The average Bonchev–Trinajstić information content (AvgIpc) is 3.18. The van der Waals surface area contributed by atoms with Crippen LogP contribution in [0.25, 0.3) is 10.9 Å². The highest BCUT2D eigenvalue weighted by molar-refractivity contribution is 9.10. The summed E-state index contributed by atoms with van der Waals surface area (Å²) in [5, 5.41) is 14.9. The van der Waals surface area contributed by atoms with Crippen molar-refractivity contribution in [1.29, 1.82) is 0 Å². The number of nitrogens with one attached hydrogen (secondary N) is 2. The lowest BCUT2D eigenvalue weighted by atomic mass is 9.89. The van der Waals surface area contributed by atoms with Crippen molar-refractivity contribution in [2.45, 2.75) is 18.8 Å². The Labute approximate surface area is 187 Å². The molecule has 162 valence electrons. The molecule has 0 saturated carbocycles. The van der Waals surface area contributed by atoms with Crippen LogP contribution >= 0.6 is 15.9 Å². The number of halogens is 1. The first kappa shape index (κ1) is 21.3. The molecule has 2 aromatic carbocycles. The number of amides is 1. The van der Waals surface area contributed by atoms with Gasteiger partial charge in [-0.3, -0.25) is 19.8 Å². The number of aromatic nitrogens is 1. The number of nitrogens with zero attached hydrogens (tertiary/aromatic N) is 2. The minimum Gasteiger partial charge on any atom is -0.497 e. The fraction of sp³-hybridized carbons (Fsp3) is 0.318. The molecule has 0 bridgehead atoms. The van der Waals surface area contributed by atoms with E-state index in [9.17, 15) is 14.9 Å². The summed E-state index contributed by atoms with van der Waals surface area (Å²) in [4.78, 5) is 28.3. The van der Waals surface area contributed by atoms with Crippen LogP contribution in [0.3, 0.4) is 0 Å². The second-order valence-corrected chi connectivity index (χ2v) is 8.53.